The molecule has 5 nitrogen and oxygen atoms in total. The van der Waals surface area contributed by atoms with Gasteiger partial charge in [-0.15, -0.1) is 0 Å². The van der Waals surface area contributed by atoms with E-state index in [0.717, 1.165) is 4.47 Å². The molecule has 0 amide bonds. The van der Waals surface area contributed by atoms with E-state index < -0.39 is 5.97 Å². The molecule has 0 aliphatic rings. The van der Waals surface area contributed by atoms with Crippen LogP contribution in [0.3, 0.4) is 0 Å². The Balaban J connectivity index is 2.06. The third-order valence-corrected chi connectivity index (χ3v) is 3.09. The predicted molar refractivity (Wildman–Crippen MR) is 78.5 cm³/mol. The number of anilines is 1. The zero-order chi connectivity index (χ0) is 14.5. The molecule has 1 heterocycles. The van der Waals surface area contributed by atoms with Crippen molar-refractivity contribution in [3.8, 4) is 5.75 Å². The lowest BCUT2D eigenvalue weighted by atomic mass is 10.2. The maximum atomic E-state index is 12.0. The fourth-order valence-corrected chi connectivity index (χ4v) is 1.78. The number of nitrogens with zero attached hydrogens (tertiary/aromatic N) is 1. The fraction of sp³-hybridized carbons (Fsp3) is 0.143. The summed E-state index contributed by atoms with van der Waals surface area (Å²) in [5.74, 6) is 0.0408. The number of aromatic nitrogens is 1. The van der Waals surface area contributed by atoms with Crippen molar-refractivity contribution >= 4 is 27.6 Å². The summed E-state index contributed by atoms with van der Waals surface area (Å²) in [5.41, 5.74) is 7.04. The van der Waals surface area contributed by atoms with Crippen LogP contribution in [0, 0.1) is 0 Å². The van der Waals surface area contributed by atoms with Gasteiger partial charge in [-0.3, -0.25) is 4.98 Å². The lowest BCUT2D eigenvalue weighted by Crippen LogP contribution is -2.09. The molecule has 104 valence electrons. The summed E-state index contributed by atoms with van der Waals surface area (Å²) < 4.78 is 11.1. The molecular weight excluding hydrogens is 324 g/mol. The van der Waals surface area contributed by atoms with Gasteiger partial charge in [0.1, 0.15) is 12.4 Å². The largest absolute Gasteiger partial charge is 0.497 e. The second-order valence-electron chi connectivity index (χ2n) is 4.00. The van der Waals surface area contributed by atoms with Crippen molar-refractivity contribution in [2.75, 3.05) is 12.8 Å². The van der Waals surface area contributed by atoms with Crippen molar-refractivity contribution in [1.29, 1.82) is 0 Å². The van der Waals surface area contributed by atoms with Crippen molar-refractivity contribution in [3.63, 3.8) is 0 Å². The number of esters is 1. The number of hydrogen-bond donors (Lipinski definition) is 1. The molecule has 0 fully saturated rings. The summed E-state index contributed by atoms with van der Waals surface area (Å²) in [6, 6.07) is 8.44. The number of carbonyl (C=O) groups is 1. The fourth-order valence-electron chi connectivity index (χ4n) is 1.55. The number of benzene rings is 1. The van der Waals surface area contributed by atoms with Crippen molar-refractivity contribution in [2.45, 2.75) is 6.61 Å². The van der Waals surface area contributed by atoms with E-state index in [1.807, 2.05) is 6.07 Å². The van der Waals surface area contributed by atoms with E-state index in [0.29, 0.717) is 17.1 Å². The van der Waals surface area contributed by atoms with Gasteiger partial charge in [-0.25, -0.2) is 4.79 Å². The van der Waals surface area contributed by atoms with Gasteiger partial charge in [0.05, 0.1) is 18.4 Å². The maximum absolute atomic E-state index is 12.0. The minimum atomic E-state index is -0.508. The van der Waals surface area contributed by atoms with Crippen LogP contribution >= 0.6 is 15.9 Å². The minimum absolute atomic E-state index is 0.0861. The van der Waals surface area contributed by atoms with Crippen LogP contribution < -0.4 is 10.5 Å². The van der Waals surface area contributed by atoms with Gasteiger partial charge in [0, 0.05) is 16.4 Å². The van der Waals surface area contributed by atoms with E-state index in [1.165, 1.54) is 7.11 Å². The monoisotopic (exact) mass is 336 g/mol. The lowest BCUT2D eigenvalue weighted by molar-refractivity contribution is 0.0468. The Morgan fingerprint density at radius 2 is 2.15 bits per heavy atom. The molecule has 1 aromatic heterocycles. The molecule has 0 spiro atoms. The molecule has 0 unspecified atom stereocenters. The Kier molecular flexibility index (Phi) is 4.57. The van der Waals surface area contributed by atoms with Crippen molar-refractivity contribution in [1.82, 2.24) is 4.98 Å². The molecule has 0 radical (unpaired) electrons. The summed E-state index contributed by atoms with van der Waals surface area (Å²) in [4.78, 5) is 16.1. The number of pyridine rings is 1. The molecule has 2 N–H and O–H groups in total. The highest BCUT2D eigenvalue weighted by Gasteiger charge is 2.13. The van der Waals surface area contributed by atoms with Gasteiger partial charge < -0.3 is 15.2 Å². The molecule has 0 bridgehead atoms. The highest BCUT2D eigenvalue weighted by atomic mass is 79.9. The molecule has 0 aliphatic carbocycles. The van der Waals surface area contributed by atoms with Crippen LogP contribution in [0.1, 0.15) is 16.1 Å². The molecule has 6 heteroatoms. The molecule has 0 aliphatic heterocycles. The molecule has 2 rings (SSSR count). The Hall–Kier alpha value is -2.08. The van der Waals surface area contributed by atoms with Gasteiger partial charge in [0.15, 0.2) is 0 Å². The standard InChI is InChI=1S/C14H13BrN2O3/c1-19-11-4-5-13(16)12(6-11)14(18)20-8-10-3-2-9(15)7-17-10/h2-7H,8,16H2,1H3. The van der Waals surface area contributed by atoms with Crippen molar-refractivity contribution < 1.29 is 14.3 Å². The second kappa shape index (κ2) is 6.38. The number of ether oxygens (including phenoxy) is 2. The van der Waals surface area contributed by atoms with Crippen LogP contribution in [0.4, 0.5) is 5.69 Å². The Bertz CT molecular complexity index is 614. The van der Waals surface area contributed by atoms with E-state index in [2.05, 4.69) is 20.9 Å². The minimum Gasteiger partial charge on any atom is -0.497 e. The SMILES string of the molecule is COc1ccc(N)c(C(=O)OCc2ccc(Br)cn2)c1. The second-order valence-corrected chi connectivity index (χ2v) is 4.91. The first kappa shape index (κ1) is 14.3. The molecule has 0 atom stereocenters. The highest BCUT2D eigenvalue weighted by molar-refractivity contribution is 9.10. The lowest BCUT2D eigenvalue weighted by Gasteiger charge is -2.08. The van der Waals surface area contributed by atoms with Crippen molar-refractivity contribution in [2.24, 2.45) is 0 Å². The molecule has 2 aromatic rings. The van der Waals surface area contributed by atoms with Gasteiger partial charge in [0.25, 0.3) is 0 Å². The number of nitrogens with two attached hydrogens (primary N) is 1. The van der Waals surface area contributed by atoms with Gasteiger partial charge in [-0.2, -0.15) is 0 Å². The van der Waals surface area contributed by atoms with Crippen LogP contribution in [-0.4, -0.2) is 18.1 Å². The maximum Gasteiger partial charge on any atom is 0.340 e. The van der Waals surface area contributed by atoms with E-state index in [4.69, 9.17) is 15.2 Å². The van der Waals surface area contributed by atoms with Crippen LogP contribution in [-0.2, 0) is 11.3 Å². The summed E-state index contributed by atoms with van der Waals surface area (Å²) in [5, 5.41) is 0. The van der Waals surface area contributed by atoms with E-state index in [-0.39, 0.29) is 12.2 Å². The number of carbonyl (C=O) groups excluding carboxylic acids is 1. The third-order valence-electron chi connectivity index (χ3n) is 2.62. The molecular formula is C14H13BrN2O3. The Labute approximate surface area is 124 Å². The van der Waals surface area contributed by atoms with Crippen LogP contribution in [0.2, 0.25) is 0 Å². The number of methoxy groups -OCH3 is 1. The summed E-state index contributed by atoms with van der Waals surface area (Å²) in [6.45, 7) is 0.0861. The molecule has 20 heavy (non-hydrogen) atoms. The molecule has 0 saturated carbocycles. The Morgan fingerprint density at radius 1 is 1.35 bits per heavy atom. The van der Waals surface area contributed by atoms with Gasteiger partial charge in [-0.1, -0.05) is 0 Å². The van der Waals surface area contributed by atoms with Crippen LogP contribution in [0.5, 0.6) is 5.75 Å². The zero-order valence-corrected chi connectivity index (χ0v) is 12.4. The van der Waals surface area contributed by atoms with Gasteiger partial charge >= 0.3 is 5.97 Å². The first-order chi connectivity index (χ1) is 9.60. The normalized spacial score (nSPS) is 10.1. The van der Waals surface area contributed by atoms with E-state index >= 15 is 0 Å². The topological polar surface area (TPSA) is 74.4 Å². The third kappa shape index (κ3) is 3.48. The van der Waals surface area contributed by atoms with Crippen LogP contribution in [0.25, 0.3) is 0 Å². The van der Waals surface area contributed by atoms with E-state index in [9.17, 15) is 4.79 Å². The van der Waals surface area contributed by atoms with Crippen LogP contribution in [0.15, 0.2) is 41.0 Å². The highest BCUT2D eigenvalue weighted by Crippen LogP contribution is 2.20. The first-order valence-corrected chi connectivity index (χ1v) is 6.60. The van der Waals surface area contributed by atoms with Gasteiger partial charge in [-0.05, 0) is 46.3 Å². The number of nitrogen functional groups attached to an aromatic ring is 1. The molecule has 1 aromatic carbocycles. The smallest absolute Gasteiger partial charge is 0.340 e. The number of hydrogen-bond acceptors (Lipinski definition) is 5. The molecule has 0 saturated heterocycles. The number of halogens is 1. The van der Waals surface area contributed by atoms with Crippen molar-refractivity contribution in [3.05, 3.63) is 52.3 Å². The van der Waals surface area contributed by atoms with E-state index in [1.54, 1.807) is 30.5 Å². The average molecular weight is 337 g/mol. The quantitative estimate of drug-likeness (QED) is 0.686. The Morgan fingerprint density at radius 3 is 2.80 bits per heavy atom. The first-order valence-electron chi connectivity index (χ1n) is 5.81. The summed E-state index contributed by atoms with van der Waals surface area (Å²) >= 11 is 3.29. The van der Waals surface area contributed by atoms with Gasteiger partial charge in [0.2, 0.25) is 0 Å². The predicted octanol–water partition coefficient (Wildman–Crippen LogP) is 2.79. The summed E-state index contributed by atoms with van der Waals surface area (Å²) in [6.07, 6.45) is 1.64. The zero-order valence-electron chi connectivity index (χ0n) is 10.8. The number of rotatable bonds is 4. The summed E-state index contributed by atoms with van der Waals surface area (Å²) in [7, 11) is 1.52. The average Bonchev–Trinajstić information content (AvgIpc) is 2.47.